The molecule has 0 saturated heterocycles. The van der Waals surface area contributed by atoms with Gasteiger partial charge < -0.3 is 4.42 Å². The van der Waals surface area contributed by atoms with Crippen LogP contribution in [0.3, 0.4) is 0 Å². The van der Waals surface area contributed by atoms with Crippen molar-refractivity contribution in [3.63, 3.8) is 0 Å². The lowest BCUT2D eigenvalue weighted by Gasteiger charge is -1.96. The van der Waals surface area contributed by atoms with Crippen LogP contribution in [0.4, 0.5) is 0 Å². The van der Waals surface area contributed by atoms with Crippen LogP contribution < -0.4 is 0 Å². The average Bonchev–Trinajstić information content (AvgIpc) is 3.35. The van der Waals surface area contributed by atoms with E-state index in [1.807, 2.05) is 23.6 Å². The highest BCUT2D eigenvalue weighted by atomic mass is 32.2. The molecule has 0 atom stereocenters. The summed E-state index contributed by atoms with van der Waals surface area (Å²) in [7, 11) is 0. The van der Waals surface area contributed by atoms with Crippen LogP contribution in [0.25, 0.3) is 10.8 Å². The molecule has 1 aromatic carbocycles. The highest BCUT2D eigenvalue weighted by Gasteiger charge is 2.11. The monoisotopic (exact) mass is 371 g/mol. The molecule has 3 heterocycles. The maximum absolute atomic E-state index is 5.68. The first-order valence-electron chi connectivity index (χ1n) is 7.34. The minimum atomic E-state index is 0.579. The third kappa shape index (κ3) is 3.75. The topological polar surface area (TPSA) is 51.8 Å². The molecule has 0 saturated carbocycles. The number of rotatable bonds is 6. The maximum atomic E-state index is 5.68. The smallest absolute Gasteiger partial charge is 0.277 e. The summed E-state index contributed by atoms with van der Waals surface area (Å²) in [4.78, 5) is 5.68. The molecule has 0 bridgehead atoms. The number of thiazole rings is 1. The molecule has 0 fully saturated rings. The third-order valence-corrected chi connectivity index (χ3v) is 5.89. The molecule has 4 aromatic rings. The summed E-state index contributed by atoms with van der Waals surface area (Å²) in [6, 6.07) is 14.3. The highest BCUT2D eigenvalue weighted by Crippen LogP contribution is 2.28. The molecule has 120 valence electrons. The van der Waals surface area contributed by atoms with Crippen LogP contribution in [0.15, 0.2) is 62.9 Å². The Morgan fingerprint density at radius 2 is 1.92 bits per heavy atom. The van der Waals surface area contributed by atoms with Crippen LogP contribution >= 0.6 is 34.4 Å². The van der Waals surface area contributed by atoms with Gasteiger partial charge in [0, 0.05) is 17.6 Å². The molecule has 3 aromatic heterocycles. The number of thioether (sulfide) groups is 1. The first kappa shape index (κ1) is 15.6. The molecule has 0 aliphatic carbocycles. The van der Waals surface area contributed by atoms with E-state index in [1.54, 1.807) is 22.7 Å². The van der Waals surface area contributed by atoms with Crippen molar-refractivity contribution in [2.45, 2.75) is 17.4 Å². The molecule has 24 heavy (non-hydrogen) atoms. The van der Waals surface area contributed by atoms with Gasteiger partial charge in [-0.3, -0.25) is 0 Å². The Balaban J connectivity index is 1.36. The predicted molar refractivity (Wildman–Crippen MR) is 98.5 cm³/mol. The van der Waals surface area contributed by atoms with Gasteiger partial charge in [0.25, 0.3) is 11.1 Å². The average molecular weight is 372 g/mol. The normalized spacial score (nSPS) is 11.0. The van der Waals surface area contributed by atoms with E-state index in [0.29, 0.717) is 11.1 Å². The third-order valence-electron chi connectivity index (χ3n) is 3.28. The number of hydrogen-bond acceptors (Lipinski definition) is 7. The Labute approximate surface area is 151 Å². The summed E-state index contributed by atoms with van der Waals surface area (Å²) in [6.07, 6.45) is 0.874. The zero-order valence-corrected chi connectivity index (χ0v) is 15.0. The van der Waals surface area contributed by atoms with E-state index in [1.165, 1.54) is 17.3 Å². The number of aromatic nitrogens is 3. The Hall–Kier alpha value is -1.96. The zero-order valence-electron chi connectivity index (χ0n) is 12.6. The Bertz CT molecular complexity index is 900. The van der Waals surface area contributed by atoms with Crippen LogP contribution in [0.1, 0.15) is 16.3 Å². The highest BCUT2D eigenvalue weighted by molar-refractivity contribution is 7.98. The van der Waals surface area contributed by atoms with Crippen molar-refractivity contribution >= 4 is 34.4 Å². The molecule has 0 unspecified atom stereocenters. The van der Waals surface area contributed by atoms with Crippen molar-refractivity contribution in [1.82, 2.24) is 15.2 Å². The van der Waals surface area contributed by atoms with E-state index in [0.717, 1.165) is 27.8 Å². The Kier molecular flexibility index (Phi) is 4.73. The molecule has 0 aliphatic heterocycles. The van der Waals surface area contributed by atoms with Crippen molar-refractivity contribution in [1.29, 1.82) is 0 Å². The summed E-state index contributed by atoms with van der Waals surface area (Å²) in [6.45, 7) is 0. The lowest BCUT2D eigenvalue weighted by Crippen LogP contribution is -1.88. The lowest BCUT2D eigenvalue weighted by molar-refractivity contribution is 0.466. The molecule has 7 heteroatoms. The van der Waals surface area contributed by atoms with Crippen molar-refractivity contribution in [2.75, 3.05) is 0 Å². The first-order chi connectivity index (χ1) is 11.9. The van der Waals surface area contributed by atoms with Gasteiger partial charge in [-0.1, -0.05) is 48.2 Å². The Morgan fingerprint density at radius 1 is 1.00 bits per heavy atom. The molecule has 0 radical (unpaired) electrons. The minimum Gasteiger partial charge on any atom is -0.410 e. The second-order valence-electron chi connectivity index (χ2n) is 5.03. The molecule has 4 nitrogen and oxygen atoms in total. The maximum Gasteiger partial charge on any atom is 0.277 e. The largest absolute Gasteiger partial charge is 0.410 e. The summed E-state index contributed by atoms with van der Waals surface area (Å²) < 4.78 is 5.68. The van der Waals surface area contributed by atoms with Gasteiger partial charge in [-0.05, 0) is 17.0 Å². The summed E-state index contributed by atoms with van der Waals surface area (Å²) in [5.41, 5.74) is 2.33. The zero-order chi connectivity index (χ0) is 16.2. The van der Waals surface area contributed by atoms with Crippen molar-refractivity contribution in [2.24, 2.45) is 0 Å². The Morgan fingerprint density at radius 3 is 2.75 bits per heavy atom. The number of thiophene rings is 1. The number of benzene rings is 1. The van der Waals surface area contributed by atoms with Crippen molar-refractivity contribution in [3.05, 3.63) is 69.5 Å². The van der Waals surface area contributed by atoms with Crippen molar-refractivity contribution < 1.29 is 4.42 Å². The van der Waals surface area contributed by atoms with E-state index in [-0.39, 0.29) is 0 Å². The molecule has 0 amide bonds. The fourth-order valence-electron chi connectivity index (χ4n) is 2.17. The SMILES string of the molecule is c1ccc(Cc2nc(CSc3nnc(-c4cccs4)o3)cs2)cc1. The predicted octanol–water partition coefficient (Wildman–Crippen LogP) is 5.14. The summed E-state index contributed by atoms with van der Waals surface area (Å²) in [5.74, 6) is 1.31. The van der Waals surface area contributed by atoms with Gasteiger partial charge in [-0.15, -0.1) is 32.9 Å². The molecule has 4 rings (SSSR count). The van der Waals surface area contributed by atoms with Crippen LogP contribution in [0.2, 0.25) is 0 Å². The van der Waals surface area contributed by atoms with Gasteiger partial charge in [-0.2, -0.15) is 0 Å². The van der Waals surface area contributed by atoms with Gasteiger partial charge in [-0.25, -0.2) is 4.98 Å². The van der Waals surface area contributed by atoms with Gasteiger partial charge in [0.2, 0.25) is 0 Å². The van der Waals surface area contributed by atoms with E-state index in [2.05, 4.69) is 44.8 Å². The summed E-state index contributed by atoms with van der Waals surface area (Å²) in [5, 5.41) is 14.0. The van der Waals surface area contributed by atoms with Gasteiger partial charge >= 0.3 is 0 Å². The van der Waals surface area contributed by atoms with E-state index >= 15 is 0 Å². The first-order valence-corrected chi connectivity index (χ1v) is 10.1. The van der Waals surface area contributed by atoms with Crippen LogP contribution in [0, 0.1) is 0 Å². The van der Waals surface area contributed by atoms with Crippen LogP contribution in [0.5, 0.6) is 0 Å². The van der Waals surface area contributed by atoms with Gasteiger partial charge in [0.1, 0.15) is 0 Å². The molecule has 0 spiro atoms. The van der Waals surface area contributed by atoms with Gasteiger partial charge in [0.15, 0.2) is 0 Å². The number of hydrogen-bond donors (Lipinski definition) is 0. The molecular formula is C17H13N3OS3. The van der Waals surface area contributed by atoms with Crippen LogP contribution in [-0.2, 0) is 12.2 Å². The van der Waals surface area contributed by atoms with Gasteiger partial charge in [0.05, 0.1) is 15.6 Å². The second-order valence-corrected chi connectivity index (χ2v) is 7.85. The molecular weight excluding hydrogens is 358 g/mol. The van der Waals surface area contributed by atoms with Crippen LogP contribution in [-0.4, -0.2) is 15.2 Å². The fraction of sp³-hybridized carbons (Fsp3) is 0.118. The second kappa shape index (κ2) is 7.29. The summed E-state index contributed by atoms with van der Waals surface area (Å²) >= 11 is 4.80. The van der Waals surface area contributed by atoms with E-state index in [9.17, 15) is 0 Å². The molecule has 0 N–H and O–H groups in total. The fourth-order valence-corrected chi connectivity index (χ4v) is 4.40. The lowest BCUT2D eigenvalue weighted by atomic mass is 10.2. The minimum absolute atomic E-state index is 0.579. The standard InChI is InChI=1S/C17H13N3OS3/c1-2-5-12(6-3-1)9-15-18-13(10-23-15)11-24-17-20-19-16(21-17)14-7-4-8-22-14/h1-8,10H,9,11H2. The van der Waals surface area contributed by atoms with E-state index < -0.39 is 0 Å². The van der Waals surface area contributed by atoms with Crippen molar-refractivity contribution in [3.8, 4) is 10.8 Å². The quantitative estimate of drug-likeness (QED) is 0.439. The molecule has 0 aliphatic rings. The van der Waals surface area contributed by atoms with E-state index in [4.69, 9.17) is 4.42 Å². The number of nitrogens with zero attached hydrogens (tertiary/aromatic N) is 3.